The summed E-state index contributed by atoms with van der Waals surface area (Å²) in [5.74, 6) is 4.85. The summed E-state index contributed by atoms with van der Waals surface area (Å²) in [4.78, 5) is 47.2. The Morgan fingerprint density at radius 2 is 1.72 bits per heavy atom. The fourth-order valence-electron chi connectivity index (χ4n) is 8.41. The largest absolute Gasteiger partial charge is 0.381 e. The van der Waals surface area contributed by atoms with Crippen molar-refractivity contribution in [2.24, 2.45) is 0 Å². The second-order valence-electron chi connectivity index (χ2n) is 15.8. The van der Waals surface area contributed by atoms with Gasteiger partial charge in [0.1, 0.15) is 17.7 Å². The maximum atomic E-state index is 14.0. The number of carbonyl (C=O) groups excluding carboxylic acids is 3. The molecule has 4 N–H and O–H groups in total. The molecular formula is C46H45F2N9O4. The van der Waals surface area contributed by atoms with Crippen LogP contribution in [0.4, 0.5) is 26.0 Å². The quantitative estimate of drug-likeness (QED) is 0.0941. The van der Waals surface area contributed by atoms with E-state index in [1.807, 2.05) is 53.1 Å². The first kappa shape index (κ1) is 39.8. The van der Waals surface area contributed by atoms with Crippen molar-refractivity contribution in [3.05, 3.63) is 113 Å². The molecular weight excluding hydrogens is 781 g/mol. The van der Waals surface area contributed by atoms with Crippen molar-refractivity contribution < 1.29 is 27.9 Å². The van der Waals surface area contributed by atoms with Crippen LogP contribution in [0.15, 0.2) is 79.1 Å². The number of aromatic amines is 1. The first-order valence-electron chi connectivity index (χ1n) is 20.7. The number of rotatable bonds is 10. The molecule has 5 heterocycles. The third-order valence-electron chi connectivity index (χ3n) is 11.7. The smallest absolute Gasteiger partial charge is 0.258 e. The van der Waals surface area contributed by atoms with E-state index in [9.17, 15) is 23.2 Å². The fraction of sp³-hybridized carbons (Fsp3) is 0.326. The number of piperidine rings is 1. The van der Waals surface area contributed by atoms with E-state index < -0.39 is 17.7 Å². The van der Waals surface area contributed by atoms with Crippen LogP contribution in [-0.2, 0) is 20.7 Å². The third-order valence-corrected chi connectivity index (χ3v) is 11.7. The van der Waals surface area contributed by atoms with Crippen molar-refractivity contribution in [3.8, 4) is 11.8 Å². The minimum atomic E-state index is -0.628. The van der Waals surface area contributed by atoms with Crippen LogP contribution in [0.25, 0.3) is 21.9 Å². The summed E-state index contributed by atoms with van der Waals surface area (Å²) in [6, 6.07) is 20.5. The van der Waals surface area contributed by atoms with E-state index in [2.05, 4.69) is 58.8 Å². The summed E-state index contributed by atoms with van der Waals surface area (Å²) in [6.45, 7) is 5.55. The van der Waals surface area contributed by atoms with Gasteiger partial charge in [0.15, 0.2) is 5.82 Å². The maximum absolute atomic E-state index is 14.0. The van der Waals surface area contributed by atoms with Gasteiger partial charge >= 0.3 is 0 Å². The van der Waals surface area contributed by atoms with Gasteiger partial charge < -0.3 is 24.8 Å². The van der Waals surface area contributed by atoms with Gasteiger partial charge in [-0.3, -0.25) is 29.7 Å². The van der Waals surface area contributed by atoms with Crippen molar-refractivity contribution in [1.82, 2.24) is 30.0 Å². The molecule has 4 aromatic carbocycles. The van der Waals surface area contributed by atoms with Gasteiger partial charge in [0.2, 0.25) is 11.8 Å². The molecule has 2 aromatic heterocycles. The van der Waals surface area contributed by atoms with Gasteiger partial charge in [-0.2, -0.15) is 5.10 Å². The summed E-state index contributed by atoms with van der Waals surface area (Å²) in [5.41, 5.74) is 6.78. The number of fused-ring (bicyclic) bond motifs is 2. The van der Waals surface area contributed by atoms with Crippen molar-refractivity contribution in [1.29, 1.82) is 0 Å². The van der Waals surface area contributed by atoms with Crippen molar-refractivity contribution in [2.75, 3.05) is 61.5 Å². The zero-order chi connectivity index (χ0) is 41.9. The lowest BCUT2D eigenvalue weighted by Crippen LogP contribution is -2.46. The lowest BCUT2D eigenvalue weighted by Gasteiger charge is -2.36. The van der Waals surface area contributed by atoms with Gasteiger partial charge in [0.05, 0.1) is 28.4 Å². The third kappa shape index (κ3) is 9.11. The molecule has 9 rings (SSSR count). The van der Waals surface area contributed by atoms with E-state index in [1.54, 1.807) is 6.33 Å². The SMILES string of the molecule is O=C1CCC(n2cnc3cc(C#CCCN4CCN(c5ccc(C(=O)Nc6n[nH]c7ccc(Cc8cc(F)cc(F)c8)cc67)c(NC6CCOCC6)c5)CC4)ccc32)C(=O)N1. The number of nitrogens with one attached hydrogen (secondary N) is 4. The average molecular weight is 826 g/mol. The second kappa shape index (κ2) is 17.5. The lowest BCUT2D eigenvalue weighted by molar-refractivity contribution is -0.135. The molecule has 0 aliphatic carbocycles. The zero-order valence-electron chi connectivity index (χ0n) is 33.5. The number of amides is 3. The molecule has 0 radical (unpaired) electrons. The predicted octanol–water partition coefficient (Wildman–Crippen LogP) is 6.17. The minimum Gasteiger partial charge on any atom is -0.381 e. The Bertz CT molecular complexity index is 2670. The molecule has 0 bridgehead atoms. The number of ether oxygens (including phenoxy) is 1. The number of H-pyrrole nitrogens is 1. The van der Waals surface area contributed by atoms with E-state index in [0.717, 1.165) is 90.7 Å². The first-order chi connectivity index (χ1) is 29.7. The minimum absolute atomic E-state index is 0.159. The highest BCUT2D eigenvalue weighted by molar-refractivity contribution is 6.11. The molecule has 1 unspecified atom stereocenters. The number of piperazine rings is 1. The molecule has 3 amide bonds. The van der Waals surface area contributed by atoms with E-state index in [-0.39, 0.29) is 23.8 Å². The molecule has 0 saturated carbocycles. The van der Waals surface area contributed by atoms with Crippen molar-refractivity contribution in [3.63, 3.8) is 0 Å². The molecule has 3 aliphatic heterocycles. The van der Waals surface area contributed by atoms with Crippen LogP contribution in [0.5, 0.6) is 0 Å². The van der Waals surface area contributed by atoms with Gasteiger partial charge in [0, 0.05) is 93.2 Å². The molecule has 3 fully saturated rings. The molecule has 3 aliphatic rings. The monoisotopic (exact) mass is 825 g/mol. The highest BCUT2D eigenvalue weighted by Gasteiger charge is 2.29. The number of aromatic nitrogens is 4. The molecule has 0 spiro atoms. The predicted molar refractivity (Wildman–Crippen MR) is 228 cm³/mol. The van der Waals surface area contributed by atoms with E-state index in [0.29, 0.717) is 61.2 Å². The van der Waals surface area contributed by atoms with E-state index in [1.165, 1.54) is 12.1 Å². The van der Waals surface area contributed by atoms with Crippen LogP contribution in [0.2, 0.25) is 0 Å². The van der Waals surface area contributed by atoms with E-state index >= 15 is 0 Å². The van der Waals surface area contributed by atoms with Crippen LogP contribution in [-0.4, -0.2) is 94.3 Å². The van der Waals surface area contributed by atoms with Gasteiger partial charge in [-0.25, -0.2) is 13.8 Å². The summed E-state index contributed by atoms with van der Waals surface area (Å²) in [5, 5.41) is 17.1. The van der Waals surface area contributed by atoms with Gasteiger partial charge in [0.25, 0.3) is 5.91 Å². The number of carbonyl (C=O) groups is 3. The van der Waals surface area contributed by atoms with Crippen molar-refractivity contribution in [2.45, 2.75) is 50.6 Å². The Balaban J connectivity index is 0.831. The van der Waals surface area contributed by atoms with Gasteiger partial charge in [-0.05, 0) is 97.5 Å². The molecule has 1 atom stereocenters. The lowest BCUT2D eigenvalue weighted by atomic mass is 10.0. The topological polar surface area (TPSA) is 150 Å². The number of hydrogen-bond acceptors (Lipinski definition) is 9. The Morgan fingerprint density at radius 3 is 2.52 bits per heavy atom. The normalized spacial score (nSPS) is 17.6. The van der Waals surface area contributed by atoms with Crippen LogP contribution in [0.1, 0.15) is 65.2 Å². The maximum Gasteiger partial charge on any atom is 0.258 e. The van der Waals surface area contributed by atoms with Gasteiger partial charge in [-0.1, -0.05) is 17.9 Å². The highest BCUT2D eigenvalue weighted by atomic mass is 19.1. The zero-order valence-corrected chi connectivity index (χ0v) is 33.5. The van der Waals surface area contributed by atoms with Crippen LogP contribution in [0, 0.1) is 23.5 Å². The Kier molecular flexibility index (Phi) is 11.4. The summed E-state index contributed by atoms with van der Waals surface area (Å²) < 4.78 is 35.2. The standard InChI is InChI=1S/C46H45F2N9O4/c47-32-22-31(23-33(48)26-32)21-30-4-8-38-37(24-30)44(54-53-38)52-45(59)36-7-6-35(27-39(36)50-34-12-19-61-20-13-34)56-17-15-55(16-18-56)14-2-1-3-29-5-9-41-40(25-29)49-28-57(41)42-10-11-43(58)51-46(42)60/h4-9,22-28,34,42,50H,2,10-21H2,(H,51,58,60)(H2,52,53,54,59). The molecule has 15 heteroatoms. The summed E-state index contributed by atoms with van der Waals surface area (Å²) in [7, 11) is 0. The number of anilines is 3. The molecule has 6 aromatic rings. The van der Waals surface area contributed by atoms with Gasteiger partial charge in [-0.15, -0.1) is 0 Å². The number of nitrogens with zero attached hydrogens (tertiary/aromatic N) is 5. The number of hydrogen-bond donors (Lipinski definition) is 4. The number of imidazole rings is 1. The molecule has 312 valence electrons. The number of halogens is 2. The van der Waals surface area contributed by atoms with Crippen LogP contribution < -0.4 is 20.9 Å². The molecule has 13 nitrogen and oxygen atoms in total. The summed E-state index contributed by atoms with van der Waals surface area (Å²) >= 11 is 0. The van der Waals surface area contributed by atoms with E-state index in [4.69, 9.17) is 4.74 Å². The first-order valence-corrected chi connectivity index (χ1v) is 20.7. The Morgan fingerprint density at radius 1 is 0.902 bits per heavy atom. The summed E-state index contributed by atoms with van der Waals surface area (Å²) in [6.07, 6.45) is 5.11. The van der Waals surface area contributed by atoms with Crippen LogP contribution in [0.3, 0.4) is 0 Å². The number of benzene rings is 4. The highest BCUT2D eigenvalue weighted by Crippen LogP contribution is 2.30. The molecule has 3 saturated heterocycles. The van der Waals surface area contributed by atoms with Crippen molar-refractivity contribution >= 4 is 56.9 Å². The number of imide groups is 1. The Labute approximate surface area is 350 Å². The fourth-order valence-corrected chi connectivity index (χ4v) is 8.41. The average Bonchev–Trinajstić information content (AvgIpc) is 3.86. The Hall–Kier alpha value is -6.63. The molecule has 61 heavy (non-hydrogen) atoms. The van der Waals surface area contributed by atoms with Crippen LogP contribution >= 0.6 is 0 Å². The second-order valence-corrected chi connectivity index (χ2v) is 15.8.